The summed E-state index contributed by atoms with van der Waals surface area (Å²) in [4.78, 5) is 23.3. The summed E-state index contributed by atoms with van der Waals surface area (Å²) in [6, 6.07) is 7.70. The van der Waals surface area contributed by atoms with Crippen LogP contribution in [-0.4, -0.2) is 42.6 Å². The van der Waals surface area contributed by atoms with Crippen molar-refractivity contribution in [3.05, 3.63) is 64.4 Å². The third-order valence-electron chi connectivity index (χ3n) is 5.04. The van der Waals surface area contributed by atoms with Gasteiger partial charge in [-0.1, -0.05) is 35.9 Å². The van der Waals surface area contributed by atoms with Crippen molar-refractivity contribution in [2.24, 2.45) is 0 Å². The van der Waals surface area contributed by atoms with Crippen molar-refractivity contribution in [3.63, 3.8) is 0 Å². The number of hydrogen-bond donors (Lipinski definition) is 1. The van der Waals surface area contributed by atoms with Gasteiger partial charge in [0.05, 0.1) is 18.4 Å². The van der Waals surface area contributed by atoms with E-state index < -0.39 is 21.8 Å². The van der Waals surface area contributed by atoms with Crippen molar-refractivity contribution < 1.29 is 13.2 Å². The molecule has 3 atom stereocenters. The molecule has 1 fully saturated rings. The zero-order valence-electron chi connectivity index (χ0n) is 17.1. The second kappa shape index (κ2) is 9.14. The van der Waals surface area contributed by atoms with Crippen LogP contribution < -0.4 is 10.2 Å². The fraction of sp³-hybridized carbons (Fsp3) is 0.381. The van der Waals surface area contributed by atoms with Gasteiger partial charge in [0.15, 0.2) is 9.84 Å². The van der Waals surface area contributed by atoms with Gasteiger partial charge in [0.1, 0.15) is 11.5 Å². The van der Waals surface area contributed by atoms with Gasteiger partial charge in [-0.05, 0) is 38.3 Å². The molecule has 1 aliphatic heterocycles. The predicted octanol–water partition coefficient (Wildman–Crippen LogP) is 3.54. The Bertz CT molecular complexity index is 1040. The molecule has 2 aromatic rings. The molecular formula is C21H25ClN4O3S. The minimum Gasteiger partial charge on any atom is -0.346 e. The number of benzene rings is 1. The molecule has 0 radical (unpaired) electrons. The zero-order chi connectivity index (χ0) is 21.9. The first-order valence-corrected chi connectivity index (χ1v) is 12.0. The first-order chi connectivity index (χ1) is 14.2. The molecule has 1 amide bonds. The molecule has 9 heteroatoms. The van der Waals surface area contributed by atoms with Crippen LogP contribution in [0.15, 0.2) is 48.1 Å². The Morgan fingerprint density at radius 3 is 2.63 bits per heavy atom. The molecule has 0 bridgehead atoms. The number of nitrogens with zero attached hydrogens (tertiary/aromatic N) is 3. The van der Waals surface area contributed by atoms with Gasteiger partial charge in [0, 0.05) is 28.8 Å². The van der Waals surface area contributed by atoms with Crippen molar-refractivity contribution in [2.45, 2.75) is 44.8 Å². The summed E-state index contributed by atoms with van der Waals surface area (Å²) < 4.78 is 22.4. The number of hydrogen-bond acceptors (Lipinski definition) is 6. The standard InChI is InChI=1S/C21H25ClN4O3S/c1-14(10-11-30(3,28)29)25-21(27)18-12-24-20(13-23-18)26-15(2)8-9-19(26)16-6-4-5-7-17(16)22/h4-7,10-15,19H,8-9H2,1-3H3,(H,25,27)/b11-10+/t14-,15?,19?/m1/s1. The number of anilines is 1. The lowest BCUT2D eigenvalue weighted by Crippen LogP contribution is -2.33. The normalized spacial score (nSPS) is 20.5. The maximum absolute atomic E-state index is 12.4. The monoisotopic (exact) mass is 448 g/mol. The van der Waals surface area contributed by atoms with E-state index in [0.29, 0.717) is 5.82 Å². The average molecular weight is 449 g/mol. The van der Waals surface area contributed by atoms with Gasteiger partial charge in [-0.2, -0.15) is 0 Å². The predicted molar refractivity (Wildman–Crippen MR) is 118 cm³/mol. The molecule has 1 N–H and O–H groups in total. The molecule has 30 heavy (non-hydrogen) atoms. The second-order valence-electron chi connectivity index (χ2n) is 7.55. The number of aromatic nitrogens is 2. The number of nitrogens with one attached hydrogen (secondary N) is 1. The lowest BCUT2D eigenvalue weighted by molar-refractivity contribution is 0.0941. The molecule has 1 saturated heterocycles. The van der Waals surface area contributed by atoms with E-state index in [0.717, 1.165) is 35.1 Å². The summed E-state index contributed by atoms with van der Waals surface area (Å²) in [6.45, 7) is 3.82. The van der Waals surface area contributed by atoms with Crippen molar-refractivity contribution in [2.75, 3.05) is 11.2 Å². The van der Waals surface area contributed by atoms with Crippen LogP contribution in [0.25, 0.3) is 0 Å². The summed E-state index contributed by atoms with van der Waals surface area (Å²) in [5.41, 5.74) is 1.22. The van der Waals surface area contributed by atoms with Crippen LogP contribution in [-0.2, 0) is 9.84 Å². The third-order valence-corrected chi connectivity index (χ3v) is 6.04. The minimum absolute atomic E-state index is 0.101. The smallest absolute Gasteiger partial charge is 0.271 e. The second-order valence-corrected chi connectivity index (χ2v) is 9.89. The Labute approximate surface area is 182 Å². The summed E-state index contributed by atoms with van der Waals surface area (Å²) in [5.74, 6) is 0.267. The van der Waals surface area contributed by atoms with E-state index in [1.807, 2.05) is 24.3 Å². The van der Waals surface area contributed by atoms with E-state index in [1.54, 1.807) is 13.1 Å². The van der Waals surface area contributed by atoms with Gasteiger partial charge < -0.3 is 10.2 Å². The summed E-state index contributed by atoms with van der Waals surface area (Å²) >= 11 is 6.41. The number of carbonyl (C=O) groups excluding carboxylic acids is 1. The van der Waals surface area contributed by atoms with E-state index in [4.69, 9.17) is 11.6 Å². The van der Waals surface area contributed by atoms with Gasteiger partial charge in [-0.25, -0.2) is 18.4 Å². The van der Waals surface area contributed by atoms with E-state index in [-0.39, 0.29) is 17.8 Å². The zero-order valence-corrected chi connectivity index (χ0v) is 18.7. The quantitative estimate of drug-likeness (QED) is 0.726. The largest absolute Gasteiger partial charge is 0.346 e. The average Bonchev–Trinajstić information content (AvgIpc) is 3.07. The fourth-order valence-corrected chi connectivity index (χ4v) is 4.36. The van der Waals surface area contributed by atoms with Gasteiger partial charge >= 0.3 is 0 Å². The Morgan fingerprint density at radius 2 is 2.00 bits per heavy atom. The lowest BCUT2D eigenvalue weighted by Gasteiger charge is -2.30. The van der Waals surface area contributed by atoms with E-state index >= 15 is 0 Å². The maximum atomic E-state index is 12.4. The van der Waals surface area contributed by atoms with Crippen LogP contribution in [0.4, 0.5) is 5.82 Å². The topological polar surface area (TPSA) is 92.3 Å². The van der Waals surface area contributed by atoms with Crippen LogP contribution in [0.2, 0.25) is 5.02 Å². The highest BCUT2D eigenvalue weighted by atomic mass is 35.5. The summed E-state index contributed by atoms with van der Waals surface area (Å²) in [7, 11) is -3.25. The Balaban J connectivity index is 1.75. The van der Waals surface area contributed by atoms with Gasteiger partial charge in [0.2, 0.25) is 0 Å². The molecule has 2 heterocycles. The highest BCUT2D eigenvalue weighted by Crippen LogP contribution is 2.41. The first kappa shape index (κ1) is 22.2. The SMILES string of the molecule is CC1CCC(c2ccccc2Cl)N1c1cnc(C(=O)N[C@H](C)/C=C/S(C)(=O)=O)cn1. The Morgan fingerprint density at radius 1 is 1.27 bits per heavy atom. The summed E-state index contributed by atoms with van der Waals surface area (Å²) in [5, 5.41) is 4.47. The molecule has 7 nitrogen and oxygen atoms in total. The summed E-state index contributed by atoms with van der Waals surface area (Å²) in [6.07, 6.45) is 7.50. The van der Waals surface area contributed by atoms with Crippen molar-refractivity contribution in [3.8, 4) is 0 Å². The Hall–Kier alpha value is -2.45. The number of halogens is 1. The van der Waals surface area contributed by atoms with Crippen molar-refractivity contribution >= 4 is 33.2 Å². The maximum Gasteiger partial charge on any atom is 0.271 e. The molecule has 1 aromatic heterocycles. The molecule has 0 aliphatic carbocycles. The minimum atomic E-state index is -3.25. The van der Waals surface area contributed by atoms with Gasteiger partial charge in [-0.15, -0.1) is 0 Å². The van der Waals surface area contributed by atoms with E-state index in [1.165, 1.54) is 12.3 Å². The lowest BCUT2D eigenvalue weighted by atomic mass is 10.0. The molecule has 1 aliphatic rings. The highest BCUT2D eigenvalue weighted by molar-refractivity contribution is 7.93. The van der Waals surface area contributed by atoms with Crippen LogP contribution >= 0.6 is 11.6 Å². The number of carbonyl (C=O) groups is 1. The van der Waals surface area contributed by atoms with Gasteiger partial charge in [0.25, 0.3) is 5.91 Å². The van der Waals surface area contributed by atoms with Crippen LogP contribution in [0.5, 0.6) is 0 Å². The van der Waals surface area contributed by atoms with E-state index in [2.05, 4.69) is 27.1 Å². The third kappa shape index (κ3) is 5.37. The van der Waals surface area contributed by atoms with Crippen molar-refractivity contribution in [1.29, 1.82) is 0 Å². The first-order valence-electron chi connectivity index (χ1n) is 9.69. The molecular weight excluding hydrogens is 424 g/mol. The molecule has 0 saturated carbocycles. The molecule has 1 aromatic carbocycles. The van der Waals surface area contributed by atoms with Crippen molar-refractivity contribution in [1.82, 2.24) is 15.3 Å². The number of sulfone groups is 1. The van der Waals surface area contributed by atoms with Crippen LogP contribution in [0.3, 0.4) is 0 Å². The fourth-order valence-electron chi connectivity index (χ4n) is 3.58. The van der Waals surface area contributed by atoms with E-state index in [9.17, 15) is 13.2 Å². The van der Waals surface area contributed by atoms with Crippen LogP contribution in [0.1, 0.15) is 48.8 Å². The highest BCUT2D eigenvalue weighted by Gasteiger charge is 2.34. The molecule has 160 valence electrons. The van der Waals surface area contributed by atoms with Crippen LogP contribution in [0, 0.1) is 0 Å². The van der Waals surface area contributed by atoms with Gasteiger partial charge in [-0.3, -0.25) is 4.79 Å². The number of rotatable bonds is 6. The Kier molecular flexibility index (Phi) is 6.77. The molecule has 0 spiro atoms. The number of amides is 1. The molecule has 3 rings (SSSR count). The molecule has 2 unspecified atom stereocenters.